The number of aliphatic carboxylic acids is 1. The molecular weight excluding hydrogens is 341 g/mol. The number of halogens is 3. The van der Waals surface area contributed by atoms with E-state index in [1.54, 1.807) is 24.3 Å². The predicted molar refractivity (Wildman–Crippen MR) is 78.4 cm³/mol. The maximum Gasteiger partial charge on any atom is 0.394 e. The fourth-order valence-corrected chi connectivity index (χ4v) is 3.29. The zero-order valence-electron chi connectivity index (χ0n) is 13.0. The summed E-state index contributed by atoms with van der Waals surface area (Å²) in [5.41, 5.74) is 1.21. The zero-order valence-corrected chi connectivity index (χ0v) is 13.0. The summed E-state index contributed by atoms with van der Waals surface area (Å²) in [5, 5.41) is 8.99. The number of amides is 2. The van der Waals surface area contributed by atoms with Crippen LogP contribution in [-0.2, 0) is 16.1 Å². The van der Waals surface area contributed by atoms with E-state index in [0.29, 0.717) is 5.56 Å². The molecule has 2 amide bonds. The van der Waals surface area contributed by atoms with Gasteiger partial charge in [0.2, 0.25) is 5.91 Å². The van der Waals surface area contributed by atoms with Crippen LogP contribution in [0, 0.1) is 11.8 Å². The Balaban J connectivity index is 1.69. The number of nitrogens with zero attached hydrogens (tertiary/aromatic N) is 2. The molecule has 0 bridgehead atoms. The van der Waals surface area contributed by atoms with E-state index in [4.69, 9.17) is 5.11 Å². The molecule has 0 spiro atoms. The van der Waals surface area contributed by atoms with Crippen molar-refractivity contribution in [2.75, 3.05) is 19.6 Å². The van der Waals surface area contributed by atoms with E-state index in [2.05, 4.69) is 0 Å². The molecule has 134 valence electrons. The van der Waals surface area contributed by atoms with Gasteiger partial charge in [-0.2, -0.15) is 13.2 Å². The van der Waals surface area contributed by atoms with Gasteiger partial charge in [-0.1, -0.05) is 18.2 Å². The van der Waals surface area contributed by atoms with Crippen molar-refractivity contribution in [3.63, 3.8) is 0 Å². The van der Waals surface area contributed by atoms with Gasteiger partial charge in [0.05, 0.1) is 11.8 Å². The molecule has 0 aromatic heterocycles. The molecule has 3 rings (SSSR count). The number of alkyl halides is 3. The fraction of sp³-hybridized carbons (Fsp3) is 0.438. The molecule has 6 nitrogen and oxygen atoms in total. The molecule has 9 heteroatoms. The van der Waals surface area contributed by atoms with Crippen LogP contribution in [0.2, 0.25) is 0 Å². The number of carboxylic acid groups (broad SMARTS) is 1. The summed E-state index contributed by atoms with van der Waals surface area (Å²) in [4.78, 5) is 37.7. The average molecular weight is 356 g/mol. The molecule has 2 aliphatic rings. The lowest BCUT2D eigenvalue weighted by atomic mass is 9.96. The predicted octanol–water partition coefficient (Wildman–Crippen LogP) is 1.36. The SMILES string of the molecule is O=C(O)[C@@H]1CN(C(=O)CN2Cc3ccccc3C2=O)C[C@H]1C(F)(F)F. The van der Waals surface area contributed by atoms with Crippen molar-refractivity contribution in [2.45, 2.75) is 12.7 Å². The quantitative estimate of drug-likeness (QED) is 0.887. The molecule has 2 aliphatic heterocycles. The van der Waals surface area contributed by atoms with Crippen LogP contribution in [0.4, 0.5) is 13.2 Å². The highest BCUT2D eigenvalue weighted by atomic mass is 19.4. The van der Waals surface area contributed by atoms with Crippen molar-refractivity contribution >= 4 is 17.8 Å². The maximum absolute atomic E-state index is 13.0. The number of benzene rings is 1. The normalized spacial score (nSPS) is 23.1. The largest absolute Gasteiger partial charge is 0.481 e. The van der Waals surface area contributed by atoms with Gasteiger partial charge in [0.25, 0.3) is 5.91 Å². The van der Waals surface area contributed by atoms with Crippen LogP contribution < -0.4 is 0 Å². The van der Waals surface area contributed by atoms with E-state index >= 15 is 0 Å². The second-order valence-corrected chi connectivity index (χ2v) is 6.21. The second-order valence-electron chi connectivity index (χ2n) is 6.21. The minimum atomic E-state index is -4.70. The van der Waals surface area contributed by atoms with Gasteiger partial charge in [-0.05, 0) is 11.6 Å². The molecule has 0 aliphatic carbocycles. The average Bonchev–Trinajstić information content (AvgIpc) is 3.11. The third-order valence-corrected chi connectivity index (χ3v) is 4.63. The van der Waals surface area contributed by atoms with Crippen LogP contribution in [0.25, 0.3) is 0 Å². The molecule has 1 saturated heterocycles. The Labute approximate surface area is 140 Å². The first-order valence-corrected chi connectivity index (χ1v) is 7.63. The van der Waals surface area contributed by atoms with Crippen molar-refractivity contribution in [3.8, 4) is 0 Å². The molecule has 0 radical (unpaired) electrons. The van der Waals surface area contributed by atoms with Gasteiger partial charge in [-0.25, -0.2) is 0 Å². The van der Waals surface area contributed by atoms with Crippen LogP contribution in [-0.4, -0.2) is 58.5 Å². The third-order valence-electron chi connectivity index (χ3n) is 4.63. The lowest BCUT2D eigenvalue weighted by molar-refractivity contribution is -0.188. The van der Waals surface area contributed by atoms with Gasteiger partial charge in [0.15, 0.2) is 0 Å². The molecule has 1 fully saturated rings. The monoisotopic (exact) mass is 356 g/mol. The summed E-state index contributed by atoms with van der Waals surface area (Å²) in [5.74, 6) is -6.40. The van der Waals surface area contributed by atoms with E-state index in [1.807, 2.05) is 0 Å². The van der Waals surface area contributed by atoms with E-state index in [1.165, 1.54) is 4.90 Å². The maximum atomic E-state index is 13.0. The Hall–Kier alpha value is -2.58. The summed E-state index contributed by atoms with van der Waals surface area (Å²) in [6, 6.07) is 6.81. The Morgan fingerprint density at radius 1 is 1.20 bits per heavy atom. The van der Waals surface area contributed by atoms with E-state index in [9.17, 15) is 27.6 Å². The van der Waals surface area contributed by atoms with Crippen molar-refractivity contribution < 1.29 is 32.7 Å². The number of rotatable bonds is 3. The van der Waals surface area contributed by atoms with Crippen molar-refractivity contribution in [3.05, 3.63) is 35.4 Å². The van der Waals surface area contributed by atoms with Crippen LogP contribution in [0.15, 0.2) is 24.3 Å². The Bertz CT molecular complexity index is 734. The summed E-state index contributed by atoms with van der Waals surface area (Å²) in [6.45, 7) is -1.37. The van der Waals surface area contributed by atoms with E-state index < -0.39 is 43.0 Å². The molecule has 0 unspecified atom stereocenters. The number of carbonyl (C=O) groups is 3. The first-order chi connectivity index (χ1) is 11.7. The number of carboxylic acids is 1. The standard InChI is InChI=1S/C16H15F3N2O4/c17-16(18,19)12-7-20(6-11(12)15(24)25)13(22)8-21-5-9-3-1-2-4-10(9)14(21)23/h1-4,11-12H,5-8H2,(H,24,25)/t11-,12-/m1/s1. The zero-order chi connectivity index (χ0) is 18.4. The highest BCUT2D eigenvalue weighted by Crippen LogP contribution is 2.37. The molecule has 1 aromatic rings. The summed E-state index contributed by atoms with van der Waals surface area (Å²) in [6.07, 6.45) is -4.70. The summed E-state index contributed by atoms with van der Waals surface area (Å²) in [7, 11) is 0. The number of fused-ring (bicyclic) bond motifs is 1. The highest BCUT2D eigenvalue weighted by molar-refractivity contribution is 6.00. The van der Waals surface area contributed by atoms with Crippen LogP contribution in [0.3, 0.4) is 0 Å². The first-order valence-electron chi connectivity index (χ1n) is 7.63. The number of carbonyl (C=O) groups excluding carboxylic acids is 2. The minimum Gasteiger partial charge on any atom is -0.481 e. The van der Waals surface area contributed by atoms with Crippen LogP contribution >= 0.6 is 0 Å². The first kappa shape index (κ1) is 17.2. The number of hydrogen-bond acceptors (Lipinski definition) is 3. The van der Waals surface area contributed by atoms with Gasteiger partial charge in [0, 0.05) is 25.2 Å². The van der Waals surface area contributed by atoms with Crippen LogP contribution in [0.5, 0.6) is 0 Å². The summed E-state index contributed by atoms with van der Waals surface area (Å²) >= 11 is 0. The molecule has 1 aromatic carbocycles. The third kappa shape index (κ3) is 3.18. The smallest absolute Gasteiger partial charge is 0.394 e. The molecule has 2 atom stereocenters. The molecule has 1 N–H and O–H groups in total. The summed E-state index contributed by atoms with van der Waals surface area (Å²) < 4.78 is 39.0. The molecule has 25 heavy (non-hydrogen) atoms. The van der Waals surface area contributed by atoms with Crippen molar-refractivity contribution in [1.29, 1.82) is 0 Å². The fourth-order valence-electron chi connectivity index (χ4n) is 3.29. The van der Waals surface area contributed by atoms with Gasteiger partial charge in [0.1, 0.15) is 6.54 Å². The number of likely N-dealkylation sites (tertiary alicyclic amines) is 1. The van der Waals surface area contributed by atoms with Gasteiger partial charge >= 0.3 is 12.1 Å². The Kier molecular flexibility index (Phi) is 4.18. The minimum absolute atomic E-state index is 0.208. The van der Waals surface area contributed by atoms with Gasteiger partial charge < -0.3 is 14.9 Å². The second kappa shape index (κ2) is 6.05. The highest BCUT2D eigenvalue weighted by Gasteiger charge is 2.53. The lowest BCUT2D eigenvalue weighted by Crippen LogP contribution is -2.40. The van der Waals surface area contributed by atoms with Crippen molar-refractivity contribution in [1.82, 2.24) is 9.80 Å². The van der Waals surface area contributed by atoms with Crippen LogP contribution in [0.1, 0.15) is 15.9 Å². The van der Waals surface area contributed by atoms with Gasteiger partial charge in [-0.15, -0.1) is 0 Å². The molecule has 0 saturated carbocycles. The Morgan fingerprint density at radius 3 is 2.44 bits per heavy atom. The van der Waals surface area contributed by atoms with E-state index in [0.717, 1.165) is 10.5 Å². The lowest BCUT2D eigenvalue weighted by Gasteiger charge is -2.21. The topological polar surface area (TPSA) is 77.9 Å². The van der Waals surface area contributed by atoms with E-state index in [-0.39, 0.29) is 19.0 Å². The molecular formula is C16H15F3N2O4. The number of hydrogen-bond donors (Lipinski definition) is 1. The Morgan fingerprint density at radius 2 is 1.88 bits per heavy atom. The van der Waals surface area contributed by atoms with Gasteiger partial charge in [-0.3, -0.25) is 14.4 Å². The molecule has 2 heterocycles. The van der Waals surface area contributed by atoms with Crippen molar-refractivity contribution in [2.24, 2.45) is 11.8 Å².